The normalized spacial score (nSPS) is 11.6. The number of nitrogens with one attached hydrogen (secondary N) is 1. The molecule has 0 unspecified atom stereocenters. The molecule has 2 aromatic rings. The zero-order chi connectivity index (χ0) is 15.8. The molecule has 0 atom stereocenters. The minimum Gasteiger partial charge on any atom is -0.337 e. The van der Waals surface area contributed by atoms with Gasteiger partial charge in [-0.25, -0.2) is 9.97 Å². The second-order valence-electron chi connectivity index (χ2n) is 4.35. The van der Waals surface area contributed by atoms with Gasteiger partial charge in [0.1, 0.15) is 0 Å². The highest BCUT2D eigenvalue weighted by molar-refractivity contribution is 9.10. The SMILES string of the molecule is Cc1nc(Cl)c(Nc2cc(C(F)(F)F)ccc2Br)nc1C. The first-order valence-electron chi connectivity index (χ1n) is 5.83. The summed E-state index contributed by atoms with van der Waals surface area (Å²) in [6.07, 6.45) is -4.42. The molecule has 1 heterocycles. The Kier molecular flexibility index (Phi) is 4.43. The van der Waals surface area contributed by atoms with Gasteiger partial charge in [0.15, 0.2) is 11.0 Å². The molecule has 3 nitrogen and oxygen atoms in total. The first kappa shape index (κ1) is 16.0. The average molecular weight is 381 g/mol. The van der Waals surface area contributed by atoms with Gasteiger partial charge in [-0.2, -0.15) is 13.2 Å². The molecule has 8 heteroatoms. The van der Waals surface area contributed by atoms with Crippen LogP contribution in [0.25, 0.3) is 0 Å². The smallest absolute Gasteiger partial charge is 0.337 e. The third-order valence-electron chi connectivity index (χ3n) is 2.81. The fraction of sp³-hybridized carbons (Fsp3) is 0.231. The molecule has 2 rings (SSSR count). The Labute approximate surface area is 132 Å². The van der Waals surface area contributed by atoms with E-state index in [1.54, 1.807) is 13.8 Å². The van der Waals surface area contributed by atoms with Crippen LogP contribution < -0.4 is 5.32 Å². The van der Waals surface area contributed by atoms with E-state index in [-0.39, 0.29) is 16.7 Å². The molecule has 0 radical (unpaired) electrons. The molecule has 21 heavy (non-hydrogen) atoms. The van der Waals surface area contributed by atoms with Gasteiger partial charge in [-0.1, -0.05) is 11.6 Å². The minimum atomic E-state index is -4.42. The maximum Gasteiger partial charge on any atom is 0.416 e. The number of aromatic nitrogens is 2. The number of rotatable bonds is 2. The molecule has 0 spiro atoms. The lowest BCUT2D eigenvalue weighted by molar-refractivity contribution is -0.137. The number of hydrogen-bond acceptors (Lipinski definition) is 3. The summed E-state index contributed by atoms with van der Waals surface area (Å²) in [5.74, 6) is 0.208. The summed E-state index contributed by atoms with van der Waals surface area (Å²) in [6.45, 7) is 3.49. The van der Waals surface area contributed by atoms with Gasteiger partial charge in [0.2, 0.25) is 0 Å². The number of hydrogen-bond donors (Lipinski definition) is 1. The van der Waals surface area contributed by atoms with Gasteiger partial charge in [0.25, 0.3) is 0 Å². The summed E-state index contributed by atoms with van der Waals surface area (Å²) >= 11 is 9.15. The third-order valence-corrected chi connectivity index (χ3v) is 3.77. The Morgan fingerprint density at radius 3 is 2.38 bits per heavy atom. The predicted octanol–water partition coefficient (Wildman–Crippen LogP) is 5.27. The zero-order valence-corrected chi connectivity index (χ0v) is 13.4. The monoisotopic (exact) mass is 379 g/mol. The lowest BCUT2D eigenvalue weighted by Gasteiger charge is -2.13. The maximum atomic E-state index is 12.7. The number of halogens is 5. The van der Waals surface area contributed by atoms with Gasteiger partial charge >= 0.3 is 6.18 Å². The Morgan fingerprint density at radius 1 is 1.14 bits per heavy atom. The number of nitrogens with zero attached hydrogens (tertiary/aromatic N) is 2. The number of aryl methyl sites for hydroxylation is 2. The Morgan fingerprint density at radius 2 is 1.76 bits per heavy atom. The van der Waals surface area contributed by atoms with Crippen molar-refractivity contribution in [1.82, 2.24) is 9.97 Å². The third kappa shape index (κ3) is 3.65. The van der Waals surface area contributed by atoms with E-state index in [0.717, 1.165) is 12.1 Å². The first-order valence-corrected chi connectivity index (χ1v) is 7.00. The summed E-state index contributed by atoms with van der Waals surface area (Å²) in [6, 6.07) is 3.29. The van der Waals surface area contributed by atoms with Gasteiger partial charge < -0.3 is 5.32 Å². The van der Waals surface area contributed by atoms with E-state index in [0.29, 0.717) is 15.9 Å². The van der Waals surface area contributed by atoms with Crippen LogP contribution in [0.1, 0.15) is 17.0 Å². The van der Waals surface area contributed by atoms with Crippen molar-refractivity contribution in [3.05, 3.63) is 44.8 Å². The van der Waals surface area contributed by atoms with Crippen LogP contribution in [0.2, 0.25) is 5.15 Å². The molecular formula is C13H10BrClF3N3. The average Bonchev–Trinajstić information content (AvgIpc) is 2.37. The number of benzene rings is 1. The second-order valence-corrected chi connectivity index (χ2v) is 5.56. The van der Waals surface area contributed by atoms with Crippen LogP contribution in [0, 0.1) is 13.8 Å². The quantitative estimate of drug-likeness (QED) is 0.771. The van der Waals surface area contributed by atoms with Gasteiger partial charge in [0, 0.05) is 4.47 Å². The molecule has 1 aromatic carbocycles. The lowest BCUT2D eigenvalue weighted by atomic mass is 10.2. The van der Waals surface area contributed by atoms with Gasteiger partial charge in [-0.05, 0) is 48.0 Å². The molecule has 0 saturated carbocycles. The molecule has 0 fully saturated rings. The van der Waals surface area contributed by atoms with Gasteiger partial charge in [-0.15, -0.1) is 0 Å². The summed E-state index contributed by atoms with van der Waals surface area (Å²) in [5, 5.41) is 2.87. The molecular weight excluding hydrogens is 371 g/mol. The fourth-order valence-corrected chi connectivity index (χ4v) is 2.14. The standard InChI is InChI=1S/C13H10BrClF3N3/c1-6-7(2)20-12(11(15)19-6)21-10-5-8(13(16,17)18)3-4-9(10)14/h3-5H,1-2H3,(H,20,21). The van der Waals surface area contributed by atoms with Crippen molar-refractivity contribution in [2.24, 2.45) is 0 Å². The number of anilines is 2. The Hall–Kier alpha value is -1.34. The topological polar surface area (TPSA) is 37.8 Å². The number of alkyl halides is 3. The lowest BCUT2D eigenvalue weighted by Crippen LogP contribution is -2.06. The van der Waals surface area contributed by atoms with Crippen molar-refractivity contribution in [3.63, 3.8) is 0 Å². The zero-order valence-electron chi connectivity index (χ0n) is 11.0. The molecule has 1 aromatic heterocycles. The summed E-state index contributed by atoms with van der Waals surface area (Å²) in [4.78, 5) is 8.27. The summed E-state index contributed by atoms with van der Waals surface area (Å²) in [5.41, 5.74) is 0.754. The molecule has 112 valence electrons. The van der Waals surface area contributed by atoms with Gasteiger partial charge in [0.05, 0.1) is 22.6 Å². The van der Waals surface area contributed by atoms with Crippen LogP contribution in [-0.4, -0.2) is 9.97 Å². The van der Waals surface area contributed by atoms with Crippen molar-refractivity contribution in [3.8, 4) is 0 Å². The van der Waals surface area contributed by atoms with Crippen molar-refractivity contribution < 1.29 is 13.2 Å². The van der Waals surface area contributed by atoms with Crippen LogP contribution in [0.3, 0.4) is 0 Å². The van der Waals surface area contributed by atoms with Crippen molar-refractivity contribution in [2.75, 3.05) is 5.32 Å². The Bertz CT molecular complexity index is 689. The molecule has 0 amide bonds. The van der Waals surface area contributed by atoms with Crippen molar-refractivity contribution in [1.29, 1.82) is 0 Å². The fourth-order valence-electron chi connectivity index (χ4n) is 1.58. The second kappa shape index (κ2) is 5.81. The van der Waals surface area contributed by atoms with Crippen LogP contribution in [-0.2, 0) is 6.18 Å². The molecule has 0 aliphatic carbocycles. The van der Waals surface area contributed by atoms with Crippen LogP contribution in [0.15, 0.2) is 22.7 Å². The van der Waals surface area contributed by atoms with E-state index in [4.69, 9.17) is 11.6 Å². The van der Waals surface area contributed by atoms with E-state index in [1.165, 1.54) is 6.07 Å². The molecule has 0 bridgehead atoms. The van der Waals surface area contributed by atoms with E-state index in [1.807, 2.05) is 0 Å². The van der Waals surface area contributed by atoms with Crippen LogP contribution in [0.4, 0.5) is 24.7 Å². The molecule has 0 aliphatic heterocycles. The largest absolute Gasteiger partial charge is 0.416 e. The summed E-state index contributed by atoms with van der Waals surface area (Å²) < 4.78 is 38.7. The summed E-state index contributed by atoms with van der Waals surface area (Å²) in [7, 11) is 0. The van der Waals surface area contributed by atoms with E-state index >= 15 is 0 Å². The highest BCUT2D eigenvalue weighted by Gasteiger charge is 2.31. The minimum absolute atomic E-state index is 0.0995. The highest BCUT2D eigenvalue weighted by atomic mass is 79.9. The Balaban J connectivity index is 2.42. The van der Waals surface area contributed by atoms with E-state index in [9.17, 15) is 13.2 Å². The first-order chi connectivity index (χ1) is 9.68. The molecule has 0 saturated heterocycles. The van der Waals surface area contributed by atoms with E-state index in [2.05, 4.69) is 31.2 Å². The van der Waals surface area contributed by atoms with Crippen molar-refractivity contribution in [2.45, 2.75) is 20.0 Å². The highest BCUT2D eigenvalue weighted by Crippen LogP contribution is 2.35. The van der Waals surface area contributed by atoms with E-state index < -0.39 is 11.7 Å². The predicted molar refractivity (Wildman–Crippen MR) is 78.9 cm³/mol. The maximum absolute atomic E-state index is 12.7. The van der Waals surface area contributed by atoms with Gasteiger partial charge in [-0.3, -0.25) is 0 Å². The molecule has 1 N–H and O–H groups in total. The molecule has 0 aliphatic rings. The van der Waals surface area contributed by atoms with Crippen LogP contribution >= 0.6 is 27.5 Å². The van der Waals surface area contributed by atoms with Crippen molar-refractivity contribution >= 4 is 39.0 Å². The van der Waals surface area contributed by atoms with Crippen LogP contribution in [0.5, 0.6) is 0 Å².